The van der Waals surface area contributed by atoms with Gasteiger partial charge in [0.05, 0.1) is 19.8 Å². The molecule has 16 heavy (non-hydrogen) atoms. The Balaban J connectivity index is 2.11. The van der Waals surface area contributed by atoms with E-state index in [-0.39, 0.29) is 0 Å². The molecule has 0 radical (unpaired) electrons. The number of ether oxygens (including phenoxy) is 2. The van der Waals surface area contributed by atoms with Crippen LogP contribution < -0.4 is 0 Å². The van der Waals surface area contributed by atoms with Crippen LogP contribution in [0.4, 0.5) is 0 Å². The van der Waals surface area contributed by atoms with E-state index < -0.39 is 8.80 Å². The van der Waals surface area contributed by atoms with E-state index in [0.717, 1.165) is 6.61 Å². The van der Waals surface area contributed by atoms with E-state index in [1.165, 1.54) is 0 Å². The maximum atomic E-state index is 5.35. The fourth-order valence-corrected chi connectivity index (χ4v) is 2.68. The van der Waals surface area contributed by atoms with Crippen molar-refractivity contribution in [3.63, 3.8) is 0 Å². The molecule has 0 aromatic rings. The first-order chi connectivity index (χ1) is 7.76. The Morgan fingerprint density at radius 3 is 2.31 bits per heavy atom. The van der Waals surface area contributed by atoms with Crippen molar-refractivity contribution in [2.24, 2.45) is 0 Å². The first-order valence-corrected chi connectivity index (χ1v) is 7.19. The maximum absolute atomic E-state index is 5.35. The summed E-state index contributed by atoms with van der Waals surface area (Å²) in [5, 5.41) is 0. The molecule has 0 bridgehead atoms. The molecule has 1 aliphatic rings. The van der Waals surface area contributed by atoms with Crippen molar-refractivity contribution in [1.82, 2.24) is 0 Å². The first-order valence-electron chi connectivity index (χ1n) is 5.26. The SMILES string of the molecule is CO[Si](C/C=C/COCC1CO1)(OC)OC. The Kier molecular flexibility index (Phi) is 6.18. The zero-order chi connectivity index (χ0) is 11.9. The number of rotatable bonds is 9. The van der Waals surface area contributed by atoms with Crippen LogP contribution in [0.1, 0.15) is 0 Å². The summed E-state index contributed by atoms with van der Waals surface area (Å²) in [6.45, 7) is 2.09. The molecular formula is C10H20O5Si. The molecular weight excluding hydrogens is 228 g/mol. The predicted octanol–water partition coefficient (Wildman–Crippen LogP) is 0.836. The van der Waals surface area contributed by atoms with Crippen LogP contribution in [0.15, 0.2) is 12.2 Å². The van der Waals surface area contributed by atoms with Crippen LogP contribution in [0.5, 0.6) is 0 Å². The molecule has 0 aromatic heterocycles. The van der Waals surface area contributed by atoms with E-state index in [1.807, 2.05) is 12.2 Å². The lowest BCUT2D eigenvalue weighted by Gasteiger charge is -2.22. The van der Waals surface area contributed by atoms with Gasteiger partial charge < -0.3 is 22.8 Å². The van der Waals surface area contributed by atoms with Crippen LogP contribution >= 0.6 is 0 Å². The highest BCUT2D eigenvalue weighted by atomic mass is 28.4. The minimum Gasteiger partial charge on any atom is -0.377 e. The van der Waals surface area contributed by atoms with Crippen LogP contribution in [-0.2, 0) is 22.8 Å². The Labute approximate surface area is 97.6 Å². The summed E-state index contributed by atoms with van der Waals surface area (Å²) in [6, 6.07) is 0.653. The first kappa shape index (κ1) is 13.8. The van der Waals surface area contributed by atoms with Crippen molar-refractivity contribution in [1.29, 1.82) is 0 Å². The monoisotopic (exact) mass is 248 g/mol. The second-order valence-electron chi connectivity index (χ2n) is 3.46. The zero-order valence-corrected chi connectivity index (χ0v) is 11.1. The summed E-state index contributed by atoms with van der Waals surface area (Å²) in [6.07, 6.45) is 4.23. The second-order valence-corrected chi connectivity index (χ2v) is 6.46. The Bertz CT molecular complexity index is 205. The third kappa shape index (κ3) is 4.73. The standard InChI is InChI=1S/C10H20O5Si/c1-11-16(12-2,13-3)7-5-4-6-14-8-10-9-15-10/h4-5,10H,6-9H2,1-3H3/b5-4+. The van der Waals surface area contributed by atoms with Gasteiger partial charge in [-0.1, -0.05) is 12.2 Å². The van der Waals surface area contributed by atoms with Crippen molar-refractivity contribution in [3.05, 3.63) is 12.2 Å². The van der Waals surface area contributed by atoms with E-state index in [1.54, 1.807) is 21.3 Å². The van der Waals surface area contributed by atoms with Gasteiger partial charge >= 0.3 is 8.80 Å². The quantitative estimate of drug-likeness (QED) is 0.262. The molecule has 94 valence electrons. The van der Waals surface area contributed by atoms with Gasteiger partial charge in [0.15, 0.2) is 0 Å². The van der Waals surface area contributed by atoms with Gasteiger partial charge in [0.25, 0.3) is 0 Å². The Morgan fingerprint density at radius 1 is 1.19 bits per heavy atom. The molecule has 1 rings (SSSR count). The van der Waals surface area contributed by atoms with Crippen LogP contribution in [0.2, 0.25) is 6.04 Å². The molecule has 0 amide bonds. The summed E-state index contributed by atoms with van der Waals surface area (Å²) in [7, 11) is 2.36. The predicted molar refractivity (Wildman–Crippen MR) is 61.3 cm³/mol. The molecule has 1 aliphatic heterocycles. The molecule has 1 atom stereocenters. The molecule has 1 saturated heterocycles. The van der Waals surface area contributed by atoms with Crippen LogP contribution in [0, 0.1) is 0 Å². The zero-order valence-electron chi connectivity index (χ0n) is 10.1. The Hall–Kier alpha value is -0.243. The van der Waals surface area contributed by atoms with Crippen molar-refractivity contribution in [2.45, 2.75) is 12.1 Å². The minimum atomic E-state index is -2.45. The molecule has 1 fully saturated rings. The molecule has 1 heterocycles. The molecule has 6 heteroatoms. The van der Waals surface area contributed by atoms with Gasteiger partial charge in [-0.3, -0.25) is 0 Å². The lowest BCUT2D eigenvalue weighted by Crippen LogP contribution is -2.42. The van der Waals surface area contributed by atoms with Crippen molar-refractivity contribution < 1.29 is 22.8 Å². The van der Waals surface area contributed by atoms with Crippen molar-refractivity contribution in [2.75, 3.05) is 41.2 Å². The smallest absolute Gasteiger partial charge is 0.377 e. The van der Waals surface area contributed by atoms with Crippen LogP contribution in [-0.4, -0.2) is 56.1 Å². The summed E-state index contributed by atoms with van der Waals surface area (Å²) in [5.74, 6) is 0. The summed E-state index contributed by atoms with van der Waals surface area (Å²) >= 11 is 0. The van der Waals surface area contributed by atoms with E-state index in [0.29, 0.717) is 25.4 Å². The second kappa shape index (κ2) is 7.15. The third-order valence-electron chi connectivity index (χ3n) is 2.39. The Morgan fingerprint density at radius 2 is 1.81 bits per heavy atom. The maximum Gasteiger partial charge on any atom is 0.504 e. The van der Waals surface area contributed by atoms with Gasteiger partial charge in [-0.25, -0.2) is 0 Å². The summed E-state index contributed by atoms with van der Waals surface area (Å²) in [4.78, 5) is 0. The van der Waals surface area contributed by atoms with E-state index >= 15 is 0 Å². The molecule has 0 saturated carbocycles. The highest BCUT2D eigenvalue weighted by molar-refractivity contribution is 6.61. The largest absolute Gasteiger partial charge is 0.504 e. The normalized spacial score (nSPS) is 20.6. The number of epoxide rings is 1. The van der Waals surface area contributed by atoms with Gasteiger partial charge in [0, 0.05) is 27.4 Å². The molecule has 0 aromatic carbocycles. The lowest BCUT2D eigenvalue weighted by atomic mass is 10.5. The van der Waals surface area contributed by atoms with E-state index in [2.05, 4.69) is 0 Å². The molecule has 5 nitrogen and oxygen atoms in total. The minimum absolute atomic E-state index is 0.318. The van der Waals surface area contributed by atoms with Gasteiger partial charge in [0.1, 0.15) is 6.10 Å². The summed E-state index contributed by atoms with van der Waals surface area (Å²) in [5.41, 5.74) is 0. The lowest BCUT2D eigenvalue weighted by molar-refractivity contribution is 0.126. The van der Waals surface area contributed by atoms with E-state index in [4.69, 9.17) is 22.8 Å². The van der Waals surface area contributed by atoms with Gasteiger partial charge in [-0.15, -0.1) is 0 Å². The molecule has 0 N–H and O–H groups in total. The van der Waals surface area contributed by atoms with Crippen molar-refractivity contribution in [3.8, 4) is 0 Å². The highest BCUT2D eigenvalue weighted by Crippen LogP contribution is 2.13. The average Bonchev–Trinajstić information content (AvgIpc) is 3.13. The topological polar surface area (TPSA) is 49.5 Å². The number of hydrogen-bond acceptors (Lipinski definition) is 5. The van der Waals surface area contributed by atoms with Gasteiger partial charge in [0.2, 0.25) is 0 Å². The van der Waals surface area contributed by atoms with E-state index in [9.17, 15) is 0 Å². The average molecular weight is 248 g/mol. The molecule has 0 spiro atoms. The number of hydrogen-bond donors (Lipinski definition) is 0. The fraction of sp³-hybridized carbons (Fsp3) is 0.800. The molecule has 1 unspecified atom stereocenters. The molecule has 0 aliphatic carbocycles. The van der Waals surface area contributed by atoms with Crippen LogP contribution in [0.25, 0.3) is 0 Å². The third-order valence-corrected chi connectivity index (χ3v) is 4.99. The van der Waals surface area contributed by atoms with Gasteiger partial charge in [-0.05, 0) is 0 Å². The highest BCUT2D eigenvalue weighted by Gasteiger charge is 2.35. The fourth-order valence-electron chi connectivity index (χ4n) is 1.23. The van der Waals surface area contributed by atoms with Gasteiger partial charge in [-0.2, -0.15) is 0 Å². The summed E-state index contributed by atoms with van der Waals surface area (Å²) < 4.78 is 26.2. The number of allylic oxidation sites excluding steroid dienone is 1. The van der Waals surface area contributed by atoms with Crippen LogP contribution in [0.3, 0.4) is 0 Å². The van der Waals surface area contributed by atoms with Crippen molar-refractivity contribution >= 4 is 8.80 Å².